The number of aliphatic hydroxyl groups excluding tert-OH is 2. The van der Waals surface area contributed by atoms with Gasteiger partial charge in [-0.05, 0) is 6.92 Å². The number of hydrogen-bond acceptors (Lipinski definition) is 4. The van der Waals surface area contributed by atoms with Gasteiger partial charge in [0.2, 0.25) is 0 Å². The molecule has 0 fully saturated rings. The minimum absolute atomic E-state index is 0.104. The second kappa shape index (κ2) is 6.55. The molecule has 0 aromatic carbocycles. The standard InChI is InChI=1S/C10H19N3O2/c1-2-13-4-3-11-10(13)9-12(5-7-14)6-8-15/h3-4,14-15H,2,5-9H2,1H3. The summed E-state index contributed by atoms with van der Waals surface area (Å²) < 4.78 is 2.06. The van der Waals surface area contributed by atoms with Gasteiger partial charge in [-0.25, -0.2) is 4.98 Å². The summed E-state index contributed by atoms with van der Waals surface area (Å²) in [5.41, 5.74) is 0. The molecule has 0 aliphatic carbocycles. The average Bonchev–Trinajstić information content (AvgIpc) is 2.66. The van der Waals surface area contributed by atoms with Crippen molar-refractivity contribution in [1.82, 2.24) is 14.5 Å². The van der Waals surface area contributed by atoms with E-state index in [4.69, 9.17) is 10.2 Å². The summed E-state index contributed by atoms with van der Waals surface area (Å²) in [5, 5.41) is 17.7. The van der Waals surface area contributed by atoms with Gasteiger partial charge in [-0.15, -0.1) is 0 Å². The number of hydrogen-bond donors (Lipinski definition) is 2. The van der Waals surface area contributed by atoms with Crippen molar-refractivity contribution in [3.8, 4) is 0 Å². The summed E-state index contributed by atoms with van der Waals surface area (Å²) in [4.78, 5) is 6.23. The van der Waals surface area contributed by atoms with Gasteiger partial charge in [-0.2, -0.15) is 0 Å². The van der Waals surface area contributed by atoms with Crippen LogP contribution in [0, 0.1) is 0 Å². The molecule has 0 aliphatic heterocycles. The molecule has 86 valence electrons. The Bertz CT molecular complexity index is 269. The van der Waals surface area contributed by atoms with Gasteiger partial charge in [0.15, 0.2) is 0 Å². The second-order valence-corrected chi connectivity index (χ2v) is 3.35. The minimum atomic E-state index is 0.104. The van der Waals surface area contributed by atoms with Gasteiger partial charge in [0, 0.05) is 32.0 Å². The van der Waals surface area contributed by atoms with Crippen molar-refractivity contribution in [2.45, 2.75) is 20.0 Å². The smallest absolute Gasteiger partial charge is 0.122 e. The van der Waals surface area contributed by atoms with Gasteiger partial charge in [-0.3, -0.25) is 4.90 Å². The highest BCUT2D eigenvalue weighted by Gasteiger charge is 2.08. The first-order chi connectivity index (χ1) is 7.31. The third-order valence-corrected chi connectivity index (χ3v) is 2.34. The van der Waals surface area contributed by atoms with E-state index in [0.29, 0.717) is 19.6 Å². The number of nitrogens with zero attached hydrogens (tertiary/aromatic N) is 3. The zero-order chi connectivity index (χ0) is 11.1. The van der Waals surface area contributed by atoms with Gasteiger partial charge in [-0.1, -0.05) is 0 Å². The Morgan fingerprint density at radius 1 is 1.33 bits per heavy atom. The van der Waals surface area contributed by atoms with Crippen molar-refractivity contribution in [3.63, 3.8) is 0 Å². The molecule has 5 nitrogen and oxygen atoms in total. The Balaban J connectivity index is 2.56. The van der Waals surface area contributed by atoms with Crippen LogP contribution in [-0.4, -0.2) is 51.0 Å². The molecule has 0 bridgehead atoms. The predicted molar refractivity (Wildman–Crippen MR) is 57.3 cm³/mol. The lowest BCUT2D eigenvalue weighted by molar-refractivity contribution is 0.152. The Kier molecular flexibility index (Phi) is 5.31. The van der Waals surface area contributed by atoms with E-state index in [0.717, 1.165) is 12.4 Å². The van der Waals surface area contributed by atoms with E-state index in [2.05, 4.69) is 16.5 Å². The first kappa shape index (κ1) is 12.2. The molecular weight excluding hydrogens is 194 g/mol. The third kappa shape index (κ3) is 3.62. The van der Waals surface area contributed by atoms with Gasteiger partial charge < -0.3 is 14.8 Å². The summed E-state index contributed by atoms with van der Waals surface area (Å²) in [7, 11) is 0. The number of aromatic nitrogens is 2. The van der Waals surface area contributed by atoms with Gasteiger partial charge in [0.05, 0.1) is 19.8 Å². The molecule has 1 heterocycles. The van der Waals surface area contributed by atoms with Crippen LogP contribution in [0.25, 0.3) is 0 Å². The molecule has 5 heteroatoms. The molecule has 0 atom stereocenters. The number of aliphatic hydroxyl groups is 2. The van der Waals surface area contributed by atoms with E-state index < -0.39 is 0 Å². The fraction of sp³-hybridized carbons (Fsp3) is 0.700. The van der Waals surface area contributed by atoms with Crippen molar-refractivity contribution in [3.05, 3.63) is 18.2 Å². The summed E-state index contributed by atoms with van der Waals surface area (Å²) in [5.74, 6) is 0.972. The second-order valence-electron chi connectivity index (χ2n) is 3.35. The fourth-order valence-corrected chi connectivity index (χ4v) is 1.53. The van der Waals surface area contributed by atoms with Gasteiger partial charge >= 0.3 is 0 Å². The van der Waals surface area contributed by atoms with Crippen LogP contribution in [0.2, 0.25) is 0 Å². The van der Waals surface area contributed by atoms with Crippen LogP contribution < -0.4 is 0 Å². The van der Waals surface area contributed by atoms with Crippen LogP contribution in [0.3, 0.4) is 0 Å². The van der Waals surface area contributed by atoms with Crippen molar-refractivity contribution < 1.29 is 10.2 Å². The zero-order valence-corrected chi connectivity index (χ0v) is 9.13. The molecule has 1 aromatic rings. The monoisotopic (exact) mass is 213 g/mol. The maximum atomic E-state index is 8.87. The lowest BCUT2D eigenvalue weighted by atomic mass is 10.4. The van der Waals surface area contributed by atoms with Gasteiger partial charge in [0.25, 0.3) is 0 Å². The molecule has 0 amide bonds. The maximum absolute atomic E-state index is 8.87. The molecule has 0 saturated carbocycles. The molecule has 0 spiro atoms. The summed E-state index contributed by atoms with van der Waals surface area (Å²) >= 11 is 0. The summed E-state index contributed by atoms with van der Waals surface area (Å²) in [6.07, 6.45) is 3.71. The number of imidazole rings is 1. The van der Waals surface area contributed by atoms with Crippen LogP contribution >= 0.6 is 0 Å². The molecule has 2 N–H and O–H groups in total. The first-order valence-corrected chi connectivity index (χ1v) is 5.25. The Morgan fingerprint density at radius 3 is 2.53 bits per heavy atom. The van der Waals surface area contributed by atoms with Crippen LogP contribution in [0.4, 0.5) is 0 Å². The lowest BCUT2D eigenvalue weighted by Gasteiger charge is -2.19. The normalized spacial score (nSPS) is 11.2. The Labute approximate surface area is 90.0 Å². The molecule has 1 rings (SSSR count). The zero-order valence-electron chi connectivity index (χ0n) is 9.13. The van der Waals surface area contributed by atoms with Crippen LogP contribution in [0.5, 0.6) is 0 Å². The Morgan fingerprint density at radius 2 is 2.00 bits per heavy atom. The van der Waals surface area contributed by atoms with Crippen molar-refractivity contribution >= 4 is 0 Å². The molecule has 0 aliphatic rings. The van der Waals surface area contributed by atoms with Crippen LogP contribution in [-0.2, 0) is 13.1 Å². The van der Waals surface area contributed by atoms with Crippen molar-refractivity contribution in [1.29, 1.82) is 0 Å². The number of rotatable bonds is 7. The lowest BCUT2D eigenvalue weighted by Crippen LogP contribution is -2.30. The molecule has 0 unspecified atom stereocenters. The van der Waals surface area contributed by atoms with E-state index in [-0.39, 0.29) is 13.2 Å². The quantitative estimate of drug-likeness (QED) is 0.652. The fourth-order valence-electron chi connectivity index (χ4n) is 1.53. The minimum Gasteiger partial charge on any atom is -0.395 e. The molecule has 1 aromatic heterocycles. The van der Waals surface area contributed by atoms with E-state index >= 15 is 0 Å². The van der Waals surface area contributed by atoms with Crippen molar-refractivity contribution in [2.75, 3.05) is 26.3 Å². The van der Waals surface area contributed by atoms with E-state index in [1.807, 2.05) is 11.1 Å². The van der Waals surface area contributed by atoms with E-state index in [1.54, 1.807) is 6.20 Å². The third-order valence-electron chi connectivity index (χ3n) is 2.34. The predicted octanol–water partition coefficient (Wildman–Crippen LogP) is -0.310. The highest BCUT2D eigenvalue weighted by atomic mass is 16.3. The van der Waals surface area contributed by atoms with Crippen molar-refractivity contribution in [2.24, 2.45) is 0 Å². The topological polar surface area (TPSA) is 61.5 Å². The summed E-state index contributed by atoms with van der Waals surface area (Å²) in [6.45, 7) is 4.96. The Hall–Kier alpha value is -0.910. The highest BCUT2D eigenvalue weighted by Crippen LogP contribution is 2.02. The molecule has 0 radical (unpaired) electrons. The molecule has 15 heavy (non-hydrogen) atoms. The maximum Gasteiger partial charge on any atom is 0.122 e. The molecular formula is C10H19N3O2. The van der Waals surface area contributed by atoms with E-state index in [9.17, 15) is 0 Å². The molecule has 0 saturated heterocycles. The van der Waals surface area contributed by atoms with E-state index in [1.165, 1.54) is 0 Å². The van der Waals surface area contributed by atoms with Crippen LogP contribution in [0.1, 0.15) is 12.7 Å². The number of aryl methyl sites for hydroxylation is 1. The summed E-state index contributed by atoms with van der Waals surface area (Å²) in [6, 6.07) is 0. The average molecular weight is 213 g/mol. The van der Waals surface area contributed by atoms with Crippen LogP contribution in [0.15, 0.2) is 12.4 Å². The highest BCUT2D eigenvalue weighted by molar-refractivity contribution is 4.92. The SMILES string of the molecule is CCn1ccnc1CN(CCO)CCO. The van der Waals surface area contributed by atoms with Gasteiger partial charge in [0.1, 0.15) is 5.82 Å². The largest absolute Gasteiger partial charge is 0.395 e. The first-order valence-electron chi connectivity index (χ1n) is 5.25.